The average molecular weight is 266 g/mol. The molecule has 1 saturated carbocycles. The third kappa shape index (κ3) is 2.48. The van der Waals surface area contributed by atoms with Gasteiger partial charge in [-0.1, -0.05) is 31.5 Å². The van der Waals surface area contributed by atoms with Crippen molar-refractivity contribution in [2.24, 2.45) is 0 Å². The van der Waals surface area contributed by atoms with Gasteiger partial charge in [-0.05, 0) is 24.5 Å². The molecule has 1 fully saturated rings. The summed E-state index contributed by atoms with van der Waals surface area (Å²) in [6.45, 7) is 1.68. The van der Waals surface area contributed by atoms with E-state index in [9.17, 15) is 13.2 Å². The number of carbonyl (C=O) groups is 1. The first kappa shape index (κ1) is 13.3. The minimum Gasteiger partial charge on any atom is -0.298 e. The molecular formula is C14H18O3S. The fourth-order valence-electron chi connectivity index (χ4n) is 2.58. The van der Waals surface area contributed by atoms with Crippen molar-refractivity contribution >= 4 is 16.1 Å². The number of sulfone groups is 1. The molecule has 0 atom stereocenters. The van der Waals surface area contributed by atoms with E-state index in [0.717, 1.165) is 31.1 Å². The van der Waals surface area contributed by atoms with Gasteiger partial charge in [-0.25, -0.2) is 8.42 Å². The Morgan fingerprint density at radius 3 is 2.56 bits per heavy atom. The van der Waals surface area contributed by atoms with Crippen LogP contribution in [0.25, 0.3) is 0 Å². The van der Waals surface area contributed by atoms with Gasteiger partial charge < -0.3 is 0 Å². The molecule has 0 spiro atoms. The number of carbonyl (C=O) groups excluding carboxylic acids is 1. The molecule has 0 saturated heterocycles. The van der Waals surface area contributed by atoms with E-state index in [4.69, 9.17) is 0 Å². The van der Waals surface area contributed by atoms with Gasteiger partial charge in [0.15, 0.2) is 9.84 Å². The first-order valence-corrected chi connectivity index (χ1v) is 8.10. The SMILES string of the molecule is CCS(=O)(=O)CC1(c2cccc(C=O)c2)CCC1. The van der Waals surface area contributed by atoms with Crippen molar-refractivity contribution in [2.75, 3.05) is 11.5 Å². The van der Waals surface area contributed by atoms with Crippen molar-refractivity contribution in [1.29, 1.82) is 0 Å². The summed E-state index contributed by atoms with van der Waals surface area (Å²) in [5, 5.41) is 0. The largest absolute Gasteiger partial charge is 0.298 e. The summed E-state index contributed by atoms with van der Waals surface area (Å²) >= 11 is 0. The lowest BCUT2D eigenvalue weighted by molar-refractivity contribution is 0.112. The summed E-state index contributed by atoms with van der Waals surface area (Å²) in [6, 6.07) is 7.35. The molecule has 3 nitrogen and oxygen atoms in total. The van der Waals surface area contributed by atoms with Crippen molar-refractivity contribution in [3.05, 3.63) is 35.4 Å². The Balaban J connectivity index is 2.35. The van der Waals surface area contributed by atoms with E-state index < -0.39 is 9.84 Å². The van der Waals surface area contributed by atoms with Gasteiger partial charge >= 0.3 is 0 Å². The third-order valence-electron chi connectivity index (χ3n) is 3.88. The van der Waals surface area contributed by atoms with Crippen LogP contribution in [-0.4, -0.2) is 26.2 Å². The first-order chi connectivity index (χ1) is 8.51. The van der Waals surface area contributed by atoms with Crippen LogP contribution in [0.4, 0.5) is 0 Å². The maximum absolute atomic E-state index is 11.9. The van der Waals surface area contributed by atoms with Gasteiger partial charge in [-0.2, -0.15) is 0 Å². The van der Waals surface area contributed by atoms with Gasteiger partial charge in [-0.15, -0.1) is 0 Å². The highest BCUT2D eigenvalue weighted by atomic mass is 32.2. The van der Waals surface area contributed by atoms with Gasteiger partial charge in [0.05, 0.1) is 5.75 Å². The molecular weight excluding hydrogens is 248 g/mol. The monoisotopic (exact) mass is 266 g/mol. The summed E-state index contributed by atoms with van der Waals surface area (Å²) < 4.78 is 23.7. The molecule has 1 aromatic rings. The van der Waals surface area contributed by atoms with Crippen LogP contribution in [0.5, 0.6) is 0 Å². The molecule has 98 valence electrons. The lowest BCUT2D eigenvalue weighted by Gasteiger charge is -2.42. The molecule has 0 heterocycles. The van der Waals surface area contributed by atoms with E-state index in [1.165, 1.54) is 0 Å². The Labute approximate surface area is 108 Å². The quantitative estimate of drug-likeness (QED) is 0.769. The van der Waals surface area contributed by atoms with E-state index in [1.807, 2.05) is 18.2 Å². The predicted molar refractivity (Wildman–Crippen MR) is 71.7 cm³/mol. The highest BCUT2D eigenvalue weighted by Crippen LogP contribution is 2.45. The highest BCUT2D eigenvalue weighted by Gasteiger charge is 2.41. The molecule has 4 heteroatoms. The molecule has 1 aromatic carbocycles. The second-order valence-electron chi connectivity index (χ2n) is 5.05. The number of rotatable bonds is 5. The summed E-state index contributed by atoms with van der Waals surface area (Å²) in [7, 11) is -2.99. The maximum atomic E-state index is 11.9. The maximum Gasteiger partial charge on any atom is 0.150 e. The second-order valence-corrected chi connectivity index (χ2v) is 7.41. The molecule has 0 amide bonds. The van der Waals surface area contributed by atoms with Gasteiger partial charge in [0, 0.05) is 16.7 Å². The van der Waals surface area contributed by atoms with Gasteiger partial charge in [0.25, 0.3) is 0 Å². The number of hydrogen-bond acceptors (Lipinski definition) is 3. The summed E-state index contributed by atoms with van der Waals surface area (Å²) in [5.74, 6) is 0.390. The molecule has 18 heavy (non-hydrogen) atoms. The average Bonchev–Trinajstić information content (AvgIpc) is 2.34. The second kappa shape index (κ2) is 4.84. The minimum atomic E-state index is -2.99. The normalized spacial score (nSPS) is 18.1. The van der Waals surface area contributed by atoms with Crippen molar-refractivity contribution < 1.29 is 13.2 Å². The zero-order valence-electron chi connectivity index (χ0n) is 10.6. The summed E-state index contributed by atoms with van der Waals surface area (Å²) in [5.41, 5.74) is 1.36. The Morgan fingerprint density at radius 2 is 2.06 bits per heavy atom. The number of benzene rings is 1. The van der Waals surface area contributed by atoms with Crippen LogP contribution >= 0.6 is 0 Å². The van der Waals surface area contributed by atoms with Crippen molar-refractivity contribution in [2.45, 2.75) is 31.6 Å². The van der Waals surface area contributed by atoms with Crippen LogP contribution in [0.15, 0.2) is 24.3 Å². The Hall–Kier alpha value is -1.16. The lowest BCUT2D eigenvalue weighted by atomic mass is 9.65. The fourth-order valence-corrected chi connectivity index (χ4v) is 4.09. The molecule has 1 aliphatic rings. The fraction of sp³-hybridized carbons (Fsp3) is 0.500. The van der Waals surface area contributed by atoms with E-state index in [-0.39, 0.29) is 16.9 Å². The molecule has 0 bridgehead atoms. The van der Waals surface area contributed by atoms with Gasteiger partial charge in [0.1, 0.15) is 6.29 Å². The Bertz CT molecular complexity index is 542. The minimum absolute atomic E-state index is 0.183. The zero-order chi connectivity index (χ0) is 13.2. The highest BCUT2D eigenvalue weighted by molar-refractivity contribution is 7.91. The van der Waals surface area contributed by atoms with Crippen LogP contribution in [0.3, 0.4) is 0 Å². The van der Waals surface area contributed by atoms with Crippen molar-refractivity contribution in [3.63, 3.8) is 0 Å². The molecule has 1 aliphatic carbocycles. The molecule has 2 rings (SSSR count). The molecule has 0 N–H and O–H groups in total. The molecule has 0 aliphatic heterocycles. The number of aldehydes is 1. The van der Waals surface area contributed by atoms with E-state index >= 15 is 0 Å². The van der Waals surface area contributed by atoms with E-state index in [0.29, 0.717) is 5.56 Å². The van der Waals surface area contributed by atoms with Crippen LogP contribution < -0.4 is 0 Å². The third-order valence-corrected chi connectivity index (χ3v) is 5.75. The van der Waals surface area contributed by atoms with Gasteiger partial charge in [0.2, 0.25) is 0 Å². The molecule has 0 unspecified atom stereocenters. The van der Waals surface area contributed by atoms with Gasteiger partial charge in [-0.3, -0.25) is 4.79 Å². The lowest BCUT2D eigenvalue weighted by Crippen LogP contribution is -2.41. The van der Waals surface area contributed by atoms with E-state index in [2.05, 4.69) is 0 Å². The van der Waals surface area contributed by atoms with Crippen LogP contribution in [-0.2, 0) is 15.3 Å². The van der Waals surface area contributed by atoms with Crippen LogP contribution in [0.1, 0.15) is 42.1 Å². The summed E-state index contributed by atoms with van der Waals surface area (Å²) in [4.78, 5) is 10.8. The Morgan fingerprint density at radius 1 is 1.33 bits per heavy atom. The smallest absolute Gasteiger partial charge is 0.150 e. The van der Waals surface area contributed by atoms with Crippen molar-refractivity contribution in [3.8, 4) is 0 Å². The predicted octanol–water partition coefficient (Wildman–Crippen LogP) is 2.36. The standard InChI is InChI=1S/C14H18O3S/c1-2-18(16,17)11-14(7-4-8-14)13-6-3-5-12(9-13)10-15/h3,5-6,9-10H,2,4,7-8,11H2,1H3. The molecule has 0 aromatic heterocycles. The molecule has 0 radical (unpaired) electrons. The topological polar surface area (TPSA) is 51.2 Å². The van der Waals surface area contributed by atoms with Crippen LogP contribution in [0.2, 0.25) is 0 Å². The summed E-state index contributed by atoms with van der Waals surface area (Å²) in [6.07, 6.45) is 3.66. The van der Waals surface area contributed by atoms with E-state index in [1.54, 1.807) is 13.0 Å². The van der Waals surface area contributed by atoms with Crippen molar-refractivity contribution in [1.82, 2.24) is 0 Å². The Kier molecular flexibility index (Phi) is 3.57. The zero-order valence-corrected chi connectivity index (χ0v) is 11.4. The van der Waals surface area contributed by atoms with Crippen LogP contribution in [0, 0.1) is 0 Å². The number of hydrogen-bond donors (Lipinski definition) is 0. The first-order valence-electron chi connectivity index (χ1n) is 6.27.